The largest absolute Gasteiger partial charge is 0.378 e. The van der Waals surface area contributed by atoms with Crippen LogP contribution < -0.4 is 11.2 Å². The molecule has 0 atom stereocenters. The zero-order valence-electron chi connectivity index (χ0n) is 8.94. The van der Waals surface area contributed by atoms with Gasteiger partial charge in [-0.25, -0.2) is 4.63 Å². The molecule has 0 fully saturated rings. The van der Waals surface area contributed by atoms with Gasteiger partial charge in [0, 0.05) is 0 Å². The second-order valence-corrected chi connectivity index (χ2v) is 3.91. The quantitative estimate of drug-likeness (QED) is 0.535. The number of benzene rings is 1. The van der Waals surface area contributed by atoms with E-state index in [0.717, 1.165) is 16.6 Å². The molecule has 0 aliphatic heterocycles. The molecule has 3 rings (SSSR count). The third kappa shape index (κ3) is 1.98. The average Bonchev–Trinajstić information content (AvgIpc) is 2.98. The van der Waals surface area contributed by atoms with E-state index in [9.17, 15) is 0 Å². The van der Waals surface area contributed by atoms with E-state index < -0.39 is 0 Å². The van der Waals surface area contributed by atoms with Crippen molar-refractivity contribution in [2.24, 2.45) is 5.10 Å². The molecule has 2 heterocycles. The molecule has 0 spiro atoms. The zero-order valence-corrected chi connectivity index (χ0v) is 9.76. The van der Waals surface area contributed by atoms with E-state index >= 15 is 0 Å². The maximum absolute atomic E-state index is 5.46. The number of hydrogen-bond donors (Lipinski definition) is 2. The van der Waals surface area contributed by atoms with Crippen molar-refractivity contribution in [1.82, 2.24) is 19.1 Å². The summed E-state index contributed by atoms with van der Waals surface area (Å²) in [6.07, 6.45) is 1.62. The Balaban J connectivity index is 1.77. The summed E-state index contributed by atoms with van der Waals surface area (Å²) < 4.78 is 12.7. The molecule has 0 saturated heterocycles. The van der Waals surface area contributed by atoms with Crippen LogP contribution in [0.25, 0.3) is 11.0 Å². The van der Waals surface area contributed by atoms with Gasteiger partial charge in [-0.15, -0.1) is 0 Å². The molecular formula is C9H7N7OS. The molecule has 8 nitrogen and oxygen atoms in total. The van der Waals surface area contributed by atoms with Gasteiger partial charge in [0.15, 0.2) is 0 Å². The second-order valence-electron chi connectivity index (χ2n) is 3.38. The zero-order chi connectivity index (χ0) is 12.4. The van der Waals surface area contributed by atoms with Gasteiger partial charge in [0.05, 0.1) is 17.9 Å². The summed E-state index contributed by atoms with van der Waals surface area (Å²) in [6, 6.07) is 5.65. The number of nitrogens with zero attached hydrogens (tertiary/aromatic N) is 5. The summed E-state index contributed by atoms with van der Waals surface area (Å²) in [5.74, 6) is 0.439. The number of hydrogen-bond acceptors (Lipinski definition) is 9. The lowest BCUT2D eigenvalue weighted by molar-refractivity contribution is 0.310. The van der Waals surface area contributed by atoms with Crippen LogP contribution in [0, 0.1) is 0 Å². The first-order valence-electron chi connectivity index (χ1n) is 4.92. The van der Waals surface area contributed by atoms with Crippen LogP contribution in [-0.2, 0) is 0 Å². The highest BCUT2D eigenvalue weighted by atomic mass is 32.1. The van der Waals surface area contributed by atoms with Gasteiger partial charge in [-0.1, -0.05) is 6.07 Å². The van der Waals surface area contributed by atoms with Gasteiger partial charge in [-0.05, 0) is 28.0 Å². The molecular weight excluding hydrogens is 254 g/mol. The highest BCUT2D eigenvalue weighted by Gasteiger charge is 2.03. The van der Waals surface area contributed by atoms with Crippen LogP contribution in [0.2, 0.25) is 0 Å². The van der Waals surface area contributed by atoms with Gasteiger partial charge >= 0.3 is 0 Å². The van der Waals surface area contributed by atoms with Crippen LogP contribution in [0.15, 0.2) is 27.9 Å². The lowest BCUT2D eigenvalue weighted by Crippen LogP contribution is -1.95. The van der Waals surface area contributed by atoms with E-state index in [4.69, 9.17) is 5.73 Å². The number of nitrogens with one attached hydrogen (secondary N) is 1. The molecule has 0 amide bonds. The third-order valence-electron chi connectivity index (χ3n) is 2.18. The van der Waals surface area contributed by atoms with Gasteiger partial charge in [0.2, 0.25) is 11.6 Å². The first-order chi connectivity index (χ1) is 8.83. The Labute approximate surface area is 105 Å². The van der Waals surface area contributed by atoms with Crippen molar-refractivity contribution in [2.45, 2.75) is 0 Å². The number of fused-ring (bicyclic) bond motifs is 1. The third-order valence-corrected chi connectivity index (χ3v) is 2.73. The Hall–Kier alpha value is -2.55. The van der Waals surface area contributed by atoms with Crippen LogP contribution in [0.5, 0.6) is 0 Å². The highest BCUT2D eigenvalue weighted by Crippen LogP contribution is 2.13. The molecule has 1 aromatic carbocycles. The Morgan fingerprint density at radius 2 is 2.17 bits per heavy atom. The van der Waals surface area contributed by atoms with Crippen LogP contribution >= 0.6 is 11.7 Å². The summed E-state index contributed by atoms with van der Waals surface area (Å²) in [5.41, 5.74) is 10.7. The van der Waals surface area contributed by atoms with Crippen molar-refractivity contribution in [3.8, 4) is 0 Å². The monoisotopic (exact) mass is 261 g/mol. The second kappa shape index (κ2) is 4.37. The minimum atomic E-state index is 0.159. The van der Waals surface area contributed by atoms with E-state index in [2.05, 4.69) is 34.2 Å². The number of anilines is 2. The normalized spacial score (nSPS) is 11.3. The van der Waals surface area contributed by atoms with Gasteiger partial charge in [-0.2, -0.15) is 13.8 Å². The average molecular weight is 261 g/mol. The smallest absolute Gasteiger partial charge is 0.235 e. The number of rotatable bonds is 3. The minimum Gasteiger partial charge on any atom is -0.378 e. The first-order valence-corrected chi connectivity index (χ1v) is 5.65. The molecule has 0 aliphatic rings. The van der Waals surface area contributed by atoms with Crippen LogP contribution in [0.1, 0.15) is 5.56 Å². The SMILES string of the molecule is Nc1nonc1NN=Cc1ccc2nsnc2c1. The Morgan fingerprint density at radius 3 is 3.00 bits per heavy atom. The van der Waals surface area contributed by atoms with Crippen LogP contribution in [0.3, 0.4) is 0 Å². The predicted molar refractivity (Wildman–Crippen MR) is 67.3 cm³/mol. The summed E-state index contributed by atoms with van der Waals surface area (Å²) in [5, 5.41) is 10.9. The summed E-state index contributed by atoms with van der Waals surface area (Å²) in [6.45, 7) is 0. The predicted octanol–water partition coefficient (Wildman–Crippen LogP) is 1.10. The fourth-order valence-corrected chi connectivity index (χ4v) is 1.84. The van der Waals surface area contributed by atoms with Crippen LogP contribution in [-0.4, -0.2) is 25.3 Å². The van der Waals surface area contributed by atoms with Crippen molar-refractivity contribution in [2.75, 3.05) is 11.2 Å². The van der Waals surface area contributed by atoms with E-state index in [0.29, 0.717) is 0 Å². The number of hydrazone groups is 1. The standard InChI is InChI=1S/C9H7N7OS/c10-8-9(14-17-13-8)12-11-4-5-1-2-6-7(3-5)16-18-15-6/h1-4H,(H2,10,13)(H,12,14). The van der Waals surface area contributed by atoms with E-state index in [1.807, 2.05) is 18.2 Å². The van der Waals surface area contributed by atoms with Crippen LogP contribution in [0.4, 0.5) is 11.6 Å². The molecule has 0 saturated carbocycles. The molecule has 2 aromatic heterocycles. The number of nitrogen functional groups attached to an aromatic ring is 1. The maximum Gasteiger partial charge on any atom is 0.235 e. The molecule has 0 bridgehead atoms. The molecule has 9 heteroatoms. The maximum atomic E-state index is 5.46. The van der Waals surface area contributed by atoms with E-state index in [-0.39, 0.29) is 11.6 Å². The molecule has 18 heavy (non-hydrogen) atoms. The number of nitrogens with two attached hydrogens (primary N) is 1. The Morgan fingerprint density at radius 1 is 1.28 bits per heavy atom. The topological polar surface area (TPSA) is 115 Å². The Kier molecular flexibility index (Phi) is 2.57. The lowest BCUT2D eigenvalue weighted by Gasteiger charge is -1.94. The lowest BCUT2D eigenvalue weighted by atomic mass is 10.2. The minimum absolute atomic E-state index is 0.159. The van der Waals surface area contributed by atoms with Crippen molar-refractivity contribution in [3.63, 3.8) is 0 Å². The van der Waals surface area contributed by atoms with Gasteiger partial charge in [-0.3, -0.25) is 5.43 Å². The fourth-order valence-electron chi connectivity index (χ4n) is 1.32. The summed E-state index contributed by atoms with van der Waals surface area (Å²) in [7, 11) is 0. The number of aromatic nitrogens is 4. The highest BCUT2D eigenvalue weighted by molar-refractivity contribution is 7.00. The van der Waals surface area contributed by atoms with Gasteiger partial charge in [0.25, 0.3) is 0 Å². The van der Waals surface area contributed by atoms with Gasteiger partial charge < -0.3 is 5.73 Å². The van der Waals surface area contributed by atoms with Crippen molar-refractivity contribution < 1.29 is 4.63 Å². The first kappa shape index (κ1) is 10.6. The summed E-state index contributed by atoms with van der Waals surface area (Å²) >= 11 is 1.18. The fraction of sp³-hybridized carbons (Fsp3) is 0. The van der Waals surface area contributed by atoms with Crippen molar-refractivity contribution in [3.05, 3.63) is 23.8 Å². The molecule has 0 unspecified atom stereocenters. The van der Waals surface area contributed by atoms with E-state index in [1.54, 1.807) is 6.21 Å². The molecule has 3 N–H and O–H groups in total. The molecule has 3 aromatic rings. The molecule has 0 radical (unpaired) electrons. The summed E-state index contributed by atoms with van der Waals surface area (Å²) in [4.78, 5) is 0. The van der Waals surface area contributed by atoms with E-state index in [1.165, 1.54) is 11.7 Å². The molecule has 0 aliphatic carbocycles. The molecule has 90 valence electrons. The van der Waals surface area contributed by atoms with Gasteiger partial charge in [0.1, 0.15) is 11.0 Å². The van der Waals surface area contributed by atoms with Crippen molar-refractivity contribution in [1.29, 1.82) is 0 Å². The Bertz CT molecular complexity index is 704. The van der Waals surface area contributed by atoms with Crippen molar-refractivity contribution >= 4 is 40.6 Å².